The van der Waals surface area contributed by atoms with E-state index >= 15 is 0 Å². The molecule has 33 heavy (non-hydrogen) atoms. The van der Waals surface area contributed by atoms with Gasteiger partial charge in [-0.15, -0.1) is 0 Å². The molecule has 0 aromatic heterocycles. The van der Waals surface area contributed by atoms with Crippen molar-refractivity contribution >= 4 is 23.6 Å². The van der Waals surface area contributed by atoms with Gasteiger partial charge < -0.3 is 14.5 Å². The first-order chi connectivity index (χ1) is 16.1. The fraction of sp³-hybridized carbons (Fsp3) is 0.423. The van der Waals surface area contributed by atoms with Crippen LogP contribution >= 0.6 is 0 Å². The zero-order valence-electron chi connectivity index (χ0n) is 18.7. The number of benzene rings is 2. The number of amides is 3. The molecule has 0 N–H and O–H groups in total. The summed E-state index contributed by atoms with van der Waals surface area (Å²) in [5.41, 5.74) is 3.23. The minimum atomic E-state index is -0.273. The highest BCUT2D eigenvalue weighted by Crippen LogP contribution is 2.33. The minimum absolute atomic E-state index is 0.00806. The van der Waals surface area contributed by atoms with E-state index in [4.69, 9.17) is 4.74 Å². The van der Waals surface area contributed by atoms with Gasteiger partial charge in [0, 0.05) is 44.2 Å². The van der Waals surface area contributed by atoms with E-state index in [0.29, 0.717) is 26.2 Å². The topological polar surface area (TPSA) is 70.2 Å². The van der Waals surface area contributed by atoms with Crippen LogP contribution in [0.25, 0.3) is 0 Å². The summed E-state index contributed by atoms with van der Waals surface area (Å²) in [4.78, 5) is 43.5. The number of para-hydroxylation sites is 1. The van der Waals surface area contributed by atoms with Crippen LogP contribution in [0.2, 0.25) is 0 Å². The number of cyclic esters (lactones) is 1. The Balaban J connectivity index is 1.13. The fourth-order valence-electron chi connectivity index (χ4n) is 5.27. The van der Waals surface area contributed by atoms with Crippen LogP contribution in [0.3, 0.4) is 0 Å². The van der Waals surface area contributed by atoms with Gasteiger partial charge in [-0.25, -0.2) is 4.79 Å². The standard InChI is InChI=1S/C26H29N3O4/c30-24(10-11-25(31)28-17-12-20-8-4-5-9-22(20)28)27-15-13-21(14-16-27)29-23(18-33-26(29)32)19-6-2-1-3-7-19/h1-9,21,23H,10-18H2/t23-/m0/s1. The lowest BCUT2D eigenvalue weighted by atomic mass is 9.99. The molecule has 1 atom stereocenters. The van der Waals surface area contributed by atoms with E-state index in [0.717, 1.165) is 30.5 Å². The lowest BCUT2D eigenvalue weighted by molar-refractivity contribution is -0.134. The van der Waals surface area contributed by atoms with Gasteiger partial charge in [-0.05, 0) is 36.5 Å². The summed E-state index contributed by atoms with van der Waals surface area (Å²) in [6.45, 7) is 2.24. The molecule has 2 aromatic carbocycles. The molecular weight excluding hydrogens is 418 g/mol. The molecule has 3 amide bonds. The first-order valence-electron chi connectivity index (χ1n) is 11.8. The van der Waals surface area contributed by atoms with Crippen molar-refractivity contribution in [3.05, 3.63) is 65.7 Å². The van der Waals surface area contributed by atoms with E-state index in [-0.39, 0.29) is 42.8 Å². The highest BCUT2D eigenvalue weighted by molar-refractivity contribution is 5.97. The van der Waals surface area contributed by atoms with Gasteiger partial charge in [-0.1, -0.05) is 48.5 Å². The van der Waals surface area contributed by atoms with Crippen LogP contribution in [0.5, 0.6) is 0 Å². The number of hydrogen-bond acceptors (Lipinski definition) is 4. The smallest absolute Gasteiger partial charge is 0.410 e. The molecule has 7 heteroatoms. The molecule has 3 aliphatic rings. The monoisotopic (exact) mass is 447 g/mol. The molecule has 2 saturated heterocycles. The maximum atomic E-state index is 12.8. The van der Waals surface area contributed by atoms with E-state index in [2.05, 4.69) is 6.07 Å². The number of likely N-dealkylation sites (tertiary alicyclic amines) is 1. The van der Waals surface area contributed by atoms with Gasteiger partial charge in [0.25, 0.3) is 0 Å². The third-order valence-electron chi connectivity index (χ3n) is 7.05. The van der Waals surface area contributed by atoms with Crippen molar-refractivity contribution in [3.63, 3.8) is 0 Å². The third-order valence-corrected chi connectivity index (χ3v) is 7.05. The van der Waals surface area contributed by atoms with Gasteiger partial charge in [-0.3, -0.25) is 14.5 Å². The summed E-state index contributed by atoms with van der Waals surface area (Å²) in [5, 5.41) is 0. The molecule has 7 nitrogen and oxygen atoms in total. The van der Waals surface area contributed by atoms with Gasteiger partial charge in [0.1, 0.15) is 6.61 Å². The van der Waals surface area contributed by atoms with Crippen LogP contribution in [-0.2, 0) is 20.7 Å². The van der Waals surface area contributed by atoms with Crippen molar-refractivity contribution in [1.82, 2.24) is 9.80 Å². The Hall–Kier alpha value is -3.35. The number of hydrogen-bond donors (Lipinski definition) is 0. The van der Waals surface area contributed by atoms with Crippen molar-refractivity contribution in [2.24, 2.45) is 0 Å². The summed E-state index contributed by atoms with van der Waals surface area (Å²) >= 11 is 0. The molecule has 2 fully saturated rings. The fourth-order valence-corrected chi connectivity index (χ4v) is 5.27. The number of nitrogens with zero attached hydrogens (tertiary/aromatic N) is 3. The van der Waals surface area contributed by atoms with E-state index in [9.17, 15) is 14.4 Å². The van der Waals surface area contributed by atoms with E-state index in [1.807, 2.05) is 58.3 Å². The zero-order valence-corrected chi connectivity index (χ0v) is 18.7. The number of piperidine rings is 1. The second-order valence-electron chi connectivity index (χ2n) is 8.95. The molecule has 0 spiro atoms. The van der Waals surface area contributed by atoms with Gasteiger partial charge >= 0.3 is 6.09 Å². The molecule has 3 aliphatic heterocycles. The molecule has 5 rings (SSSR count). The number of rotatable bonds is 5. The number of carbonyl (C=O) groups excluding carboxylic acids is 3. The number of ether oxygens (including phenoxy) is 1. The van der Waals surface area contributed by atoms with Crippen molar-refractivity contribution in [2.45, 2.75) is 44.2 Å². The predicted octanol–water partition coefficient (Wildman–Crippen LogP) is 3.54. The van der Waals surface area contributed by atoms with Crippen molar-refractivity contribution < 1.29 is 19.1 Å². The molecule has 172 valence electrons. The Bertz CT molecular complexity index is 1030. The van der Waals surface area contributed by atoms with Crippen molar-refractivity contribution in [2.75, 3.05) is 31.1 Å². The molecule has 0 saturated carbocycles. The van der Waals surface area contributed by atoms with Crippen LogP contribution in [-0.4, -0.2) is 60.0 Å². The SMILES string of the molecule is O=C(CCC(=O)N1CCc2ccccc21)N1CCC(N2C(=O)OC[C@H]2c2ccccc2)CC1. The molecule has 0 unspecified atom stereocenters. The lowest BCUT2D eigenvalue weighted by Crippen LogP contribution is -2.48. The van der Waals surface area contributed by atoms with E-state index in [1.54, 1.807) is 4.90 Å². The van der Waals surface area contributed by atoms with E-state index in [1.165, 1.54) is 5.56 Å². The largest absolute Gasteiger partial charge is 0.447 e. The highest BCUT2D eigenvalue weighted by atomic mass is 16.6. The summed E-state index contributed by atoms with van der Waals surface area (Å²) in [7, 11) is 0. The second-order valence-corrected chi connectivity index (χ2v) is 8.95. The second kappa shape index (κ2) is 9.25. The van der Waals surface area contributed by atoms with Crippen LogP contribution in [0, 0.1) is 0 Å². The maximum absolute atomic E-state index is 12.8. The Morgan fingerprint density at radius 3 is 2.36 bits per heavy atom. The van der Waals surface area contributed by atoms with Gasteiger partial charge in [0.15, 0.2) is 0 Å². The minimum Gasteiger partial charge on any atom is -0.447 e. The molecule has 0 bridgehead atoms. The van der Waals surface area contributed by atoms with Crippen LogP contribution in [0.15, 0.2) is 54.6 Å². The molecule has 2 aromatic rings. The van der Waals surface area contributed by atoms with Crippen molar-refractivity contribution in [3.8, 4) is 0 Å². The predicted molar refractivity (Wildman–Crippen MR) is 124 cm³/mol. The zero-order chi connectivity index (χ0) is 22.8. The average Bonchev–Trinajstić information content (AvgIpc) is 3.47. The third kappa shape index (κ3) is 4.32. The Morgan fingerprint density at radius 1 is 0.879 bits per heavy atom. The quantitative estimate of drug-likeness (QED) is 0.703. The molecule has 0 radical (unpaired) electrons. The summed E-state index contributed by atoms with van der Waals surface area (Å²) < 4.78 is 5.36. The van der Waals surface area contributed by atoms with Crippen LogP contribution < -0.4 is 4.90 Å². The van der Waals surface area contributed by atoms with Crippen LogP contribution in [0.1, 0.15) is 42.9 Å². The normalized spacial score (nSPS) is 20.7. The summed E-state index contributed by atoms with van der Waals surface area (Å²) in [6.07, 6.45) is 2.48. The first-order valence-corrected chi connectivity index (χ1v) is 11.8. The number of fused-ring (bicyclic) bond motifs is 1. The average molecular weight is 448 g/mol. The number of anilines is 1. The lowest BCUT2D eigenvalue weighted by Gasteiger charge is -2.38. The van der Waals surface area contributed by atoms with Crippen LogP contribution in [0.4, 0.5) is 10.5 Å². The Kier molecular flexibility index (Phi) is 6.03. The van der Waals surface area contributed by atoms with E-state index < -0.39 is 0 Å². The number of carbonyl (C=O) groups is 3. The molecular formula is C26H29N3O4. The Labute approximate surface area is 193 Å². The van der Waals surface area contributed by atoms with Crippen molar-refractivity contribution in [1.29, 1.82) is 0 Å². The maximum Gasteiger partial charge on any atom is 0.410 e. The summed E-state index contributed by atoms with van der Waals surface area (Å²) in [6, 6.07) is 17.9. The Morgan fingerprint density at radius 2 is 1.58 bits per heavy atom. The van der Waals surface area contributed by atoms with Gasteiger partial charge in [0.05, 0.1) is 6.04 Å². The van der Waals surface area contributed by atoms with Gasteiger partial charge in [0.2, 0.25) is 11.8 Å². The molecule has 3 heterocycles. The van der Waals surface area contributed by atoms with Gasteiger partial charge in [-0.2, -0.15) is 0 Å². The molecule has 0 aliphatic carbocycles. The first kappa shape index (κ1) is 21.5. The highest BCUT2D eigenvalue weighted by Gasteiger charge is 2.40. The summed E-state index contributed by atoms with van der Waals surface area (Å²) in [5.74, 6) is 0.0200.